The number of carbonyl (C=O) groups is 3. The fourth-order valence-electron chi connectivity index (χ4n) is 3.65. The fraction of sp³-hybridized carbons (Fsp3) is 0.184. The van der Waals surface area contributed by atoms with Gasteiger partial charge in [-0.3, -0.25) is 0 Å². The van der Waals surface area contributed by atoms with Crippen molar-refractivity contribution in [1.82, 2.24) is 0 Å². The van der Waals surface area contributed by atoms with Crippen molar-refractivity contribution in [3.8, 4) is 71.1 Å². The van der Waals surface area contributed by atoms with E-state index in [-0.39, 0.29) is 5.75 Å². The lowest BCUT2D eigenvalue weighted by Crippen LogP contribution is -2.09. The normalized spacial score (nSPS) is 9.28. The Labute approximate surface area is 268 Å². The second-order valence-electron chi connectivity index (χ2n) is 9.26. The number of esters is 3. The number of carbonyl (C=O) groups excluding carboxylic acids is 3. The minimum atomic E-state index is -0.577. The van der Waals surface area contributed by atoms with E-state index in [0.717, 1.165) is 38.2 Å². The van der Waals surface area contributed by atoms with Gasteiger partial charge in [0.1, 0.15) is 29.1 Å². The van der Waals surface area contributed by atoms with Crippen molar-refractivity contribution in [1.29, 1.82) is 0 Å². The van der Waals surface area contributed by atoms with Crippen LogP contribution >= 0.6 is 0 Å². The molecule has 0 fully saturated rings. The number of hydrogen-bond donors (Lipinski definition) is 0. The van der Waals surface area contributed by atoms with Crippen molar-refractivity contribution < 1.29 is 38.1 Å². The third-order valence-corrected chi connectivity index (χ3v) is 5.94. The van der Waals surface area contributed by atoms with Crippen LogP contribution in [0.4, 0.5) is 0 Å². The third kappa shape index (κ3) is 12.9. The molecule has 0 saturated carbocycles. The molecule has 0 aliphatic rings. The van der Waals surface area contributed by atoms with Crippen LogP contribution < -0.4 is 18.9 Å². The Bertz CT molecular complexity index is 1710. The van der Waals surface area contributed by atoms with Gasteiger partial charge in [-0.1, -0.05) is 25.8 Å². The molecular weight excluding hydrogens is 584 g/mol. The fourth-order valence-corrected chi connectivity index (χ4v) is 3.65. The first-order valence-electron chi connectivity index (χ1n) is 14.3. The summed E-state index contributed by atoms with van der Waals surface area (Å²) in [7, 11) is 0. The molecule has 0 atom stereocenters. The SMILES string of the molecule is C#CC#CC#CC#COc1ccc(C(=O)Oc2ccc(OC(=O)c3ccc(OCCCCCCCOC(=O)C=C)cc3)cc2)cc1. The molecule has 0 spiro atoms. The van der Waals surface area contributed by atoms with E-state index < -0.39 is 17.9 Å². The molecule has 0 unspecified atom stereocenters. The van der Waals surface area contributed by atoms with Gasteiger partial charge in [0.05, 0.1) is 24.3 Å². The molecular formula is C38H30O8. The van der Waals surface area contributed by atoms with Crippen LogP contribution in [0, 0.1) is 48.1 Å². The third-order valence-electron chi connectivity index (χ3n) is 5.94. The highest BCUT2D eigenvalue weighted by Gasteiger charge is 2.12. The van der Waals surface area contributed by atoms with Crippen molar-refractivity contribution >= 4 is 17.9 Å². The highest BCUT2D eigenvalue weighted by molar-refractivity contribution is 5.92. The first kappa shape index (κ1) is 34.1. The van der Waals surface area contributed by atoms with Gasteiger partial charge < -0.3 is 23.7 Å². The number of hydrogen-bond acceptors (Lipinski definition) is 8. The van der Waals surface area contributed by atoms with Crippen LogP contribution in [-0.4, -0.2) is 31.1 Å². The maximum atomic E-state index is 12.6. The van der Waals surface area contributed by atoms with Crippen LogP contribution in [0.25, 0.3) is 0 Å². The number of rotatable bonds is 15. The maximum absolute atomic E-state index is 12.6. The lowest BCUT2D eigenvalue weighted by atomic mass is 10.1. The van der Waals surface area contributed by atoms with Crippen LogP contribution in [0.1, 0.15) is 52.8 Å². The minimum Gasteiger partial charge on any atom is -0.494 e. The van der Waals surface area contributed by atoms with Gasteiger partial charge in [-0.25, -0.2) is 14.4 Å². The summed E-state index contributed by atoms with van der Waals surface area (Å²) in [6.07, 6.45) is 13.3. The van der Waals surface area contributed by atoms with Gasteiger partial charge >= 0.3 is 17.9 Å². The second-order valence-corrected chi connectivity index (χ2v) is 9.26. The maximum Gasteiger partial charge on any atom is 0.343 e. The Morgan fingerprint density at radius 2 is 1.09 bits per heavy atom. The summed E-state index contributed by atoms with van der Waals surface area (Å²) in [4.78, 5) is 36.1. The summed E-state index contributed by atoms with van der Waals surface area (Å²) in [5.41, 5.74) is 0.661. The Kier molecular flexibility index (Phi) is 14.7. The van der Waals surface area contributed by atoms with Crippen molar-refractivity contribution in [2.75, 3.05) is 13.2 Å². The predicted octanol–water partition coefficient (Wildman–Crippen LogP) is 6.16. The molecule has 0 aliphatic carbocycles. The minimum absolute atomic E-state index is 0.276. The zero-order valence-electron chi connectivity index (χ0n) is 25.0. The molecule has 46 heavy (non-hydrogen) atoms. The monoisotopic (exact) mass is 614 g/mol. The van der Waals surface area contributed by atoms with E-state index in [9.17, 15) is 14.4 Å². The number of ether oxygens (including phenoxy) is 5. The summed E-state index contributed by atoms with van der Waals surface area (Å²) < 4.78 is 26.8. The van der Waals surface area contributed by atoms with Gasteiger partial charge in [0.15, 0.2) is 0 Å². The van der Waals surface area contributed by atoms with Crippen LogP contribution in [-0.2, 0) is 9.53 Å². The Morgan fingerprint density at radius 1 is 0.609 bits per heavy atom. The van der Waals surface area contributed by atoms with Gasteiger partial charge in [-0.2, -0.15) is 0 Å². The van der Waals surface area contributed by atoms with Crippen molar-refractivity contribution in [2.24, 2.45) is 0 Å². The van der Waals surface area contributed by atoms with E-state index in [1.54, 1.807) is 36.4 Å². The molecule has 0 radical (unpaired) electrons. The van der Waals surface area contributed by atoms with E-state index in [1.165, 1.54) is 36.4 Å². The van der Waals surface area contributed by atoms with Crippen LogP contribution in [0.5, 0.6) is 23.0 Å². The zero-order valence-corrected chi connectivity index (χ0v) is 25.0. The van der Waals surface area contributed by atoms with Crippen molar-refractivity contribution in [3.63, 3.8) is 0 Å². The second kappa shape index (κ2) is 19.8. The van der Waals surface area contributed by atoms with Crippen molar-refractivity contribution in [2.45, 2.75) is 32.1 Å². The van der Waals surface area contributed by atoms with E-state index in [0.29, 0.717) is 41.6 Å². The first-order chi connectivity index (χ1) is 22.5. The number of unbranched alkanes of at least 4 members (excludes halogenated alkanes) is 4. The first-order valence-corrected chi connectivity index (χ1v) is 14.3. The van der Waals surface area contributed by atoms with E-state index >= 15 is 0 Å². The summed E-state index contributed by atoms with van der Waals surface area (Å²) >= 11 is 0. The molecule has 0 aromatic heterocycles. The molecule has 3 aromatic carbocycles. The standard InChI is InChI=1S/C38H30O8/c1-3-5-6-7-9-12-27-42-32-19-15-30(16-20-32)37(40)45-34-23-25-35(26-24-34)46-38(41)31-17-21-33(22-18-31)43-28-13-10-8-11-14-29-44-36(39)4-2/h1,4,15-26H,2,8,10-11,13-14,28-29H2. The van der Waals surface area contributed by atoms with Gasteiger partial charge in [0, 0.05) is 23.8 Å². The molecule has 0 bridgehead atoms. The summed E-state index contributed by atoms with van der Waals surface area (Å²) in [6.45, 7) is 4.33. The lowest BCUT2D eigenvalue weighted by molar-refractivity contribution is -0.137. The van der Waals surface area contributed by atoms with Gasteiger partial charge in [0.2, 0.25) is 0 Å². The quantitative estimate of drug-likeness (QED) is 0.0660. The molecule has 0 heterocycles. The molecule has 3 rings (SSSR count). The van der Waals surface area contributed by atoms with E-state index in [2.05, 4.69) is 48.2 Å². The number of terminal acetylenes is 1. The Hall–Kier alpha value is -6.35. The van der Waals surface area contributed by atoms with Crippen LogP contribution in [0.3, 0.4) is 0 Å². The molecule has 3 aromatic rings. The molecule has 0 aliphatic heterocycles. The van der Waals surface area contributed by atoms with E-state index in [1.807, 2.05) is 0 Å². The molecule has 0 N–H and O–H groups in total. The van der Waals surface area contributed by atoms with Gasteiger partial charge in [-0.15, -0.1) is 6.42 Å². The van der Waals surface area contributed by atoms with Crippen LogP contribution in [0.2, 0.25) is 0 Å². The molecule has 230 valence electrons. The topological polar surface area (TPSA) is 97.4 Å². The Balaban J connectivity index is 1.37. The van der Waals surface area contributed by atoms with Gasteiger partial charge in [-0.05, 0) is 103 Å². The highest BCUT2D eigenvalue weighted by Crippen LogP contribution is 2.21. The van der Waals surface area contributed by atoms with E-state index in [4.69, 9.17) is 30.1 Å². The summed E-state index contributed by atoms with van der Waals surface area (Å²) in [6, 6.07) is 19.0. The number of benzene rings is 3. The largest absolute Gasteiger partial charge is 0.494 e. The average molecular weight is 615 g/mol. The molecule has 8 heteroatoms. The smallest absolute Gasteiger partial charge is 0.343 e. The Morgan fingerprint density at radius 3 is 1.65 bits per heavy atom. The van der Waals surface area contributed by atoms with Gasteiger partial charge in [0.25, 0.3) is 0 Å². The molecule has 0 amide bonds. The molecule has 0 saturated heterocycles. The average Bonchev–Trinajstić information content (AvgIpc) is 3.08. The predicted molar refractivity (Wildman–Crippen MR) is 172 cm³/mol. The van der Waals surface area contributed by atoms with Crippen LogP contribution in [0.15, 0.2) is 85.5 Å². The molecule has 8 nitrogen and oxygen atoms in total. The summed E-state index contributed by atoms with van der Waals surface area (Å²) in [5, 5.41) is 0. The zero-order chi connectivity index (χ0) is 32.8. The highest BCUT2D eigenvalue weighted by atomic mass is 16.5. The van der Waals surface area contributed by atoms with Crippen molar-refractivity contribution in [3.05, 3.63) is 96.6 Å². The lowest BCUT2D eigenvalue weighted by Gasteiger charge is -2.09. The summed E-state index contributed by atoms with van der Waals surface area (Å²) in [5.74, 6) is 14.4.